The van der Waals surface area contributed by atoms with Crippen molar-refractivity contribution >= 4 is 0 Å². The van der Waals surface area contributed by atoms with E-state index >= 15 is 0 Å². The monoisotopic (exact) mass is 257 g/mol. The Morgan fingerprint density at radius 3 is 2.53 bits per heavy atom. The number of halogens is 1. The van der Waals surface area contributed by atoms with Gasteiger partial charge in [0.1, 0.15) is 5.82 Å². The van der Waals surface area contributed by atoms with Gasteiger partial charge in [0.25, 0.3) is 0 Å². The molecule has 2 rings (SSSR count). The summed E-state index contributed by atoms with van der Waals surface area (Å²) in [7, 11) is 0. The largest absolute Gasteiger partial charge is 0.310 e. The van der Waals surface area contributed by atoms with Crippen molar-refractivity contribution in [1.82, 2.24) is 5.32 Å². The molecule has 0 radical (unpaired) electrons. The zero-order valence-corrected chi connectivity index (χ0v) is 11.7. The van der Waals surface area contributed by atoms with E-state index in [1.54, 1.807) is 13.0 Å². The van der Waals surface area contributed by atoms with Crippen molar-refractivity contribution in [1.29, 1.82) is 0 Å². The van der Waals surface area contributed by atoms with Gasteiger partial charge in [-0.05, 0) is 35.2 Å². The molecule has 0 aliphatic rings. The Morgan fingerprint density at radius 2 is 1.84 bits per heavy atom. The smallest absolute Gasteiger partial charge is 0.126 e. The molecule has 0 atom stereocenters. The summed E-state index contributed by atoms with van der Waals surface area (Å²) in [5.74, 6) is -0.149. The van der Waals surface area contributed by atoms with E-state index in [9.17, 15) is 4.39 Å². The Kier molecular flexibility index (Phi) is 4.33. The van der Waals surface area contributed by atoms with Gasteiger partial charge in [0.15, 0.2) is 0 Å². The van der Waals surface area contributed by atoms with E-state index in [0.29, 0.717) is 11.6 Å². The van der Waals surface area contributed by atoms with Crippen molar-refractivity contribution in [2.45, 2.75) is 33.4 Å². The average molecular weight is 257 g/mol. The van der Waals surface area contributed by atoms with E-state index < -0.39 is 0 Å². The van der Waals surface area contributed by atoms with Crippen LogP contribution in [0.1, 0.15) is 25.0 Å². The molecule has 0 heterocycles. The van der Waals surface area contributed by atoms with Gasteiger partial charge in [-0.3, -0.25) is 0 Å². The van der Waals surface area contributed by atoms with Crippen LogP contribution in [0.5, 0.6) is 0 Å². The van der Waals surface area contributed by atoms with E-state index in [-0.39, 0.29) is 5.82 Å². The van der Waals surface area contributed by atoms with Crippen LogP contribution in [0.3, 0.4) is 0 Å². The van der Waals surface area contributed by atoms with E-state index in [1.807, 2.05) is 30.3 Å². The highest BCUT2D eigenvalue weighted by Crippen LogP contribution is 2.25. The molecule has 2 heteroatoms. The summed E-state index contributed by atoms with van der Waals surface area (Å²) < 4.78 is 13.7. The lowest BCUT2D eigenvalue weighted by Gasteiger charge is -2.13. The quantitative estimate of drug-likeness (QED) is 0.861. The second-order valence-electron chi connectivity index (χ2n) is 5.16. The minimum atomic E-state index is -0.149. The molecule has 100 valence electrons. The molecule has 0 saturated heterocycles. The number of aryl methyl sites for hydroxylation is 1. The van der Waals surface area contributed by atoms with Gasteiger partial charge in [0, 0.05) is 12.6 Å². The fraction of sp³-hybridized carbons (Fsp3) is 0.294. The highest BCUT2D eigenvalue weighted by Gasteiger charge is 2.07. The number of nitrogens with one attached hydrogen (secondary N) is 1. The summed E-state index contributed by atoms with van der Waals surface area (Å²) in [4.78, 5) is 0. The third-order valence-corrected chi connectivity index (χ3v) is 3.20. The number of hydrogen-bond acceptors (Lipinski definition) is 1. The van der Waals surface area contributed by atoms with Gasteiger partial charge < -0.3 is 5.32 Å². The summed E-state index contributed by atoms with van der Waals surface area (Å²) in [5.41, 5.74) is 3.90. The maximum atomic E-state index is 13.7. The minimum Gasteiger partial charge on any atom is -0.310 e. The second kappa shape index (κ2) is 5.98. The lowest BCUT2D eigenvalue weighted by Crippen LogP contribution is -2.22. The van der Waals surface area contributed by atoms with E-state index in [0.717, 1.165) is 17.7 Å². The molecule has 0 amide bonds. The van der Waals surface area contributed by atoms with Crippen LogP contribution in [-0.2, 0) is 6.54 Å². The Morgan fingerprint density at radius 1 is 1.11 bits per heavy atom. The van der Waals surface area contributed by atoms with Crippen LogP contribution in [0.15, 0.2) is 42.5 Å². The molecule has 2 aromatic rings. The SMILES string of the molecule is Cc1ccc(-c2ccccc2CNC(C)C)cc1F. The van der Waals surface area contributed by atoms with Crippen LogP contribution in [0.25, 0.3) is 11.1 Å². The van der Waals surface area contributed by atoms with Crippen LogP contribution in [0, 0.1) is 12.7 Å². The third-order valence-electron chi connectivity index (χ3n) is 3.20. The highest BCUT2D eigenvalue weighted by molar-refractivity contribution is 5.67. The summed E-state index contributed by atoms with van der Waals surface area (Å²) >= 11 is 0. The lowest BCUT2D eigenvalue weighted by atomic mass is 9.98. The van der Waals surface area contributed by atoms with Crippen LogP contribution in [-0.4, -0.2) is 6.04 Å². The van der Waals surface area contributed by atoms with Gasteiger partial charge in [-0.2, -0.15) is 0 Å². The summed E-state index contributed by atoms with van der Waals surface area (Å²) in [6.45, 7) is 6.82. The van der Waals surface area contributed by atoms with Crippen molar-refractivity contribution in [3.05, 3.63) is 59.4 Å². The molecule has 0 spiro atoms. The lowest BCUT2D eigenvalue weighted by molar-refractivity contribution is 0.589. The molecular formula is C17H20FN. The third kappa shape index (κ3) is 3.42. The predicted octanol–water partition coefficient (Wildman–Crippen LogP) is 4.30. The first-order valence-corrected chi connectivity index (χ1v) is 6.65. The molecule has 0 unspecified atom stereocenters. The standard InChI is InChI=1S/C17H20FN/c1-12(2)19-11-15-6-4-5-7-16(15)14-9-8-13(3)17(18)10-14/h4-10,12,19H,11H2,1-3H3. The molecule has 0 aliphatic heterocycles. The number of benzene rings is 2. The van der Waals surface area contributed by atoms with Gasteiger partial charge >= 0.3 is 0 Å². The summed E-state index contributed by atoms with van der Waals surface area (Å²) in [6, 6.07) is 14.0. The zero-order valence-electron chi connectivity index (χ0n) is 11.7. The number of rotatable bonds is 4. The molecule has 1 N–H and O–H groups in total. The molecule has 2 aromatic carbocycles. The van der Waals surface area contributed by atoms with Crippen LogP contribution in [0.4, 0.5) is 4.39 Å². The van der Waals surface area contributed by atoms with Crippen LogP contribution < -0.4 is 5.32 Å². The maximum Gasteiger partial charge on any atom is 0.126 e. The van der Waals surface area contributed by atoms with E-state index in [1.165, 1.54) is 5.56 Å². The Balaban J connectivity index is 2.35. The molecule has 0 aliphatic carbocycles. The number of hydrogen-bond donors (Lipinski definition) is 1. The van der Waals surface area contributed by atoms with Gasteiger partial charge in [-0.15, -0.1) is 0 Å². The van der Waals surface area contributed by atoms with E-state index in [2.05, 4.69) is 25.2 Å². The van der Waals surface area contributed by atoms with Gasteiger partial charge in [-0.1, -0.05) is 50.2 Å². The highest BCUT2D eigenvalue weighted by atomic mass is 19.1. The van der Waals surface area contributed by atoms with E-state index in [4.69, 9.17) is 0 Å². The first-order valence-electron chi connectivity index (χ1n) is 6.65. The molecule has 1 nitrogen and oxygen atoms in total. The van der Waals surface area contributed by atoms with Crippen molar-refractivity contribution in [2.24, 2.45) is 0 Å². The molecule has 19 heavy (non-hydrogen) atoms. The molecule has 0 fully saturated rings. The minimum absolute atomic E-state index is 0.149. The Labute approximate surface area is 114 Å². The van der Waals surface area contributed by atoms with Crippen molar-refractivity contribution in [3.8, 4) is 11.1 Å². The average Bonchev–Trinajstić information content (AvgIpc) is 2.40. The predicted molar refractivity (Wildman–Crippen MR) is 78.5 cm³/mol. The van der Waals surface area contributed by atoms with Gasteiger partial charge in [-0.25, -0.2) is 4.39 Å². The topological polar surface area (TPSA) is 12.0 Å². The first kappa shape index (κ1) is 13.8. The van der Waals surface area contributed by atoms with Crippen molar-refractivity contribution in [3.63, 3.8) is 0 Å². The molecular weight excluding hydrogens is 237 g/mol. The molecule has 0 bridgehead atoms. The fourth-order valence-corrected chi connectivity index (χ4v) is 2.03. The van der Waals surface area contributed by atoms with Crippen LogP contribution >= 0.6 is 0 Å². The molecule has 0 aromatic heterocycles. The first-order chi connectivity index (χ1) is 9.08. The fourth-order valence-electron chi connectivity index (χ4n) is 2.03. The second-order valence-corrected chi connectivity index (χ2v) is 5.16. The summed E-state index contributed by atoms with van der Waals surface area (Å²) in [6.07, 6.45) is 0. The molecule has 0 saturated carbocycles. The maximum absolute atomic E-state index is 13.7. The van der Waals surface area contributed by atoms with Gasteiger partial charge in [0.2, 0.25) is 0 Å². The Hall–Kier alpha value is -1.67. The Bertz CT molecular complexity index is 561. The van der Waals surface area contributed by atoms with Crippen LogP contribution in [0.2, 0.25) is 0 Å². The summed E-state index contributed by atoms with van der Waals surface area (Å²) in [5, 5.41) is 3.40. The van der Waals surface area contributed by atoms with Gasteiger partial charge in [0.05, 0.1) is 0 Å². The zero-order chi connectivity index (χ0) is 13.8. The van der Waals surface area contributed by atoms with Crippen molar-refractivity contribution < 1.29 is 4.39 Å². The normalized spacial score (nSPS) is 11.0. The van der Waals surface area contributed by atoms with Crippen molar-refractivity contribution in [2.75, 3.05) is 0 Å².